The molecule has 0 aromatic heterocycles. The number of nitrogens with two attached hydrogens (primary N) is 1. The molecule has 5 heteroatoms. The summed E-state index contributed by atoms with van der Waals surface area (Å²) in [5.74, 6) is -0.183. The predicted octanol–water partition coefficient (Wildman–Crippen LogP) is -0.745. The molecule has 0 rings (SSSR count). The van der Waals surface area contributed by atoms with Gasteiger partial charge >= 0.3 is 0 Å². The number of hydrogen-bond acceptors (Lipinski definition) is 3. The summed E-state index contributed by atoms with van der Waals surface area (Å²) in [6, 6.07) is 0. The maximum Gasteiger partial charge on any atom is 0.241 e. The van der Waals surface area contributed by atoms with E-state index in [9.17, 15) is 4.79 Å². The lowest BCUT2D eigenvalue weighted by Crippen LogP contribution is -2.37. The molecule has 0 aliphatic carbocycles. The zero-order valence-corrected chi connectivity index (χ0v) is 6.86. The third-order valence-corrected chi connectivity index (χ3v) is 0.827. The summed E-state index contributed by atoms with van der Waals surface area (Å²) < 4.78 is 0. The number of nitrogens with one attached hydrogen (secondary N) is 1. The van der Waals surface area contributed by atoms with Crippen LogP contribution in [-0.2, 0) is 4.79 Å². The Balaban J connectivity index is 3.54. The second-order valence-electron chi connectivity index (χ2n) is 2.07. The van der Waals surface area contributed by atoms with Crippen molar-refractivity contribution in [3.8, 4) is 0 Å². The first-order chi connectivity index (χ1) is 4.52. The standard InChI is InChI=1S/C5H11N3OS/c1-8(2)7-5(9)3-4(6)10/h3H2,1-2H3,(H2,6,10)(H,7,9). The summed E-state index contributed by atoms with van der Waals surface area (Å²) >= 11 is 4.52. The van der Waals surface area contributed by atoms with E-state index in [0.717, 1.165) is 0 Å². The van der Waals surface area contributed by atoms with Crippen molar-refractivity contribution in [2.75, 3.05) is 14.1 Å². The second-order valence-corrected chi connectivity index (χ2v) is 2.60. The Morgan fingerprint density at radius 3 is 2.50 bits per heavy atom. The average Bonchev–Trinajstić information content (AvgIpc) is 1.58. The summed E-state index contributed by atoms with van der Waals surface area (Å²) in [5, 5.41) is 1.54. The first-order valence-electron chi connectivity index (χ1n) is 2.77. The van der Waals surface area contributed by atoms with Crippen LogP contribution in [0.3, 0.4) is 0 Å². The van der Waals surface area contributed by atoms with Gasteiger partial charge in [-0.15, -0.1) is 0 Å². The Morgan fingerprint density at radius 1 is 1.70 bits per heavy atom. The van der Waals surface area contributed by atoms with E-state index >= 15 is 0 Å². The van der Waals surface area contributed by atoms with Gasteiger partial charge in [-0.05, 0) is 0 Å². The fourth-order valence-corrected chi connectivity index (χ4v) is 0.578. The molecule has 10 heavy (non-hydrogen) atoms. The summed E-state index contributed by atoms with van der Waals surface area (Å²) in [6.45, 7) is 0. The van der Waals surface area contributed by atoms with Gasteiger partial charge in [0.2, 0.25) is 5.91 Å². The number of amides is 1. The Morgan fingerprint density at radius 2 is 2.20 bits per heavy atom. The van der Waals surface area contributed by atoms with Crippen molar-refractivity contribution in [2.45, 2.75) is 6.42 Å². The Bertz CT molecular complexity index is 146. The van der Waals surface area contributed by atoms with Crippen LogP contribution in [0.15, 0.2) is 0 Å². The van der Waals surface area contributed by atoms with Crippen LogP contribution < -0.4 is 11.2 Å². The van der Waals surface area contributed by atoms with Crippen molar-refractivity contribution in [1.82, 2.24) is 10.4 Å². The molecule has 0 aromatic rings. The lowest BCUT2D eigenvalue weighted by molar-refractivity contribution is -0.123. The molecule has 0 saturated carbocycles. The monoisotopic (exact) mass is 161 g/mol. The molecule has 3 N–H and O–H groups in total. The topological polar surface area (TPSA) is 58.4 Å². The lowest BCUT2D eigenvalue weighted by Gasteiger charge is -2.10. The lowest BCUT2D eigenvalue weighted by atomic mass is 10.4. The molecule has 1 amide bonds. The molecule has 0 fully saturated rings. The van der Waals surface area contributed by atoms with Crippen molar-refractivity contribution in [2.24, 2.45) is 5.73 Å². The summed E-state index contributed by atoms with van der Waals surface area (Å²) in [6.07, 6.45) is 0.105. The third kappa shape index (κ3) is 5.46. The van der Waals surface area contributed by atoms with E-state index < -0.39 is 0 Å². The van der Waals surface area contributed by atoms with Gasteiger partial charge in [-0.25, -0.2) is 5.01 Å². The van der Waals surface area contributed by atoms with E-state index in [2.05, 4.69) is 17.6 Å². The highest BCUT2D eigenvalue weighted by Crippen LogP contribution is 1.79. The van der Waals surface area contributed by atoms with Crippen LogP contribution in [0, 0.1) is 0 Å². The van der Waals surface area contributed by atoms with Gasteiger partial charge in [0.25, 0.3) is 0 Å². The van der Waals surface area contributed by atoms with Crippen LogP contribution in [0.1, 0.15) is 6.42 Å². The van der Waals surface area contributed by atoms with E-state index in [0.29, 0.717) is 0 Å². The Hall–Kier alpha value is -0.680. The van der Waals surface area contributed by atoms with Crippen molar-refractivity contribution in [1.29, 1.82) is 0 Å². The number of rotatable bonds is 3. The van der Waals surface area contributed by atoms with Crippen LogP contribution in [0.25, 0.3) is 0 Å². The van der Waals surface area contributed by atoms with Crippen LogP contribution in [0.4, 0.5) is 0 Å². The molecule has 0 aromatic carbocycles. The minimum Gasteiger partial charge on any atom is -0.393 e. The largest absolute Gasteiger partial charge is 0.393 e. The minimum absolute atomic E-state index is 0.105. The van der Waals surface area contributed by atoms with Gasteiger partial charge in [-0.1, -0.05) is 12.2 Å². The number of carbonyl (C=O) groups excluding carboxylic acids is 1. The molecular weight excluding hydrogens is 150 g/mol. The van der Waals surface area contributed by atoms with Gasteiger partial charge in [-0.3, -0.25) is 10.2 Å². The molecule has 0 atom stereocenters. The summed E-state index contributed by atoms with van der Waals surface area (Å²) in [5.41, 5.74) is 7.62. The predicted molar refractivity (Wildman–Crippen MR) is 43.2 cm³/mol. The zero-order chi connectivity index (χ0) is 8.15. The normalized spacial score (nSPS) is 9.50. The van der Waals surface area contributed by atoms with Crippen LogP contribution in [0.2, 0.25) is 0 Å². The van der Waals surface area contributed by atoms with Crippen LogP contribution in [-0.4, -0.2) is 30.0 Å². The number of hydrogen-bond donors (Lipinski definition) is 2. The fourth-order valence-electron chi connectivity index (χ4n) is 0.447. The van der Waals surface area contributed by atoms with Crippen LogP contribution >= 0.6 is 12.2 Å². The van der Waals surface area contributed by atoms with Crippen molar-refractivity contribution in [3.05, 3.63) is 0 Å². The Kier molecular flexibility index (Phi) is 3.90. The number of thiocarbonyl (C=S) groups is 1. The van der Waals surface area contributed by atoms with E-state index in [-0.39, 0.29) is 17.3 Å². The zero-order valence-electron chi connectivity index (χ0n) is 6.05. The maximum absolute atomic E-state index is 10.7. The molecular formula is C5H11N3OS. The van der Waals surface area contributed by atoms with Gasteiger partial charge in [0.05, 0.1) is 11.4 Å². The number of carbonyl (C=O) groups is 1. The molecule has 4 nitrogen and oxygen atoms in total. The van der Waals surface area contributed by atoms with E-state index in [4.69, 9.17) is 5.73 Å². The molecule has 0 aliphatic rings. The molecule has 0 spiro atoms. The van der Waals surface area contributed by atoms with E-state index in [1.807, 2.05) is 0 Å². The molecule has 0 saturated heterocycles. The smallest absolute Gasteiger partial charge is 0.241 e. The van der Waals surface area contributed by atoms with Gasteiger partial charge < -0.3 is 5.73 Å². The number of hydrazine groups is 1. The molecule has 0 bridgehead atoms. The molecule has 0 unspecified atom stereocenters. The van der Waals surface area contributed by atoms with Gasteiger partial charge in [0, 0.05) is 14.1 Å². The van der Waals surface area contributed by atoms with Gasteiger partial charge in [-0.2, -0.15) is 0 Å². The van der Waals surface area contributed by atoms with Crippen molar-refractivity contribution >= 4 is 23.1 Å². The Labute approximate surface area is 65.3 Å². The first-order valence-corrected chi connectivity index (χ1v) is 3.18. The molecule has 0 radical (unpaired) electrons. The number of nitrogens with zero attached hydrogens (tertiary/aromatic N) is 1. The van der Waals surface area contributed by atoms with Crippen molar-refractivity contribution < 1.29 is 4.79 Å². The second kappa shape index (κ2) is 4.19. The minimum atomic E-state index is -0.183. The third-order valence-electron chi connectivity index (χ3n) is 0.683. The van der Waals surface area contributed by atoms with Crippen molar-refractivity contribution in [3.63, 3.8) is 0 Å². The SMILES string of the molecule is CN(C)NC(=O)CC(N)=S. The van der Waals surface area contributed by atoms with E-state index in [1.54, 1.807) is 19.1 Å². The summed E-state index contributed by atoms with van der Waals surface area (Å²) in [4.78, 5) is 11.0. The molecule has 0 aliphatic heterocycles. The first kappa shape index (κ1) is 9.32. The quantitative estimate of drug-likeness (QED) is 0.422. The molecule has 0 heterocycles. The maximum atomic E-state index is 10.7. The highest BCUT2D eigenvalue weighted by Gasteiger charge is 2.01. The van der Waals surface area contributed by atoms with E-state index in [1.165, 1.54) is 0 Å². The highest BCUT2D eigenvalue weighted by molar-refractivity contribution is 7.80. The average molecular weight is 161 g/mol. The van der Waals surface area contributed by atoms with Gasteiger partial charge in [0.15, 0.2) is 0 Å². The molecule has 58 valence electrons. The highest BCUT2D eigenvalue weighted by atomic mass is 32.1. The van der Waals surface area contributed by atoms with Crippen LogP contribution in [0.5, 0.6) is 0 Å². The summed E-state index contributed by atoms with van der Waals surface area (Å²) in [7, 11) is 3.44. The fraction of sp³-hybridized carbons (Fsp3) is 0.600. The van der Waals surface area contributed by atoms with Gasteiger partial charge in [0.1, 0.15) is 0 Å².